The monoisotopic (exact) mass is 236 g/mol. The van der Waals surface area contributed by atoms with Crippen LogP contribution in [0.15, 0.2) is 35.8 Å². The molecule has 1 unspecified atom stereocenters. The largest absolute Gasteiger partial charge is 0.304 e. The Balaban J connectivity index is 2.37. The summed E-state index contributed by atoms with van der Waals surface area (Å²) in [5.74, 6) is -0.191. The second kappa shape index (κ2) is 5.18. The van der Waals surface area contributed by atoms with E-state index in [1.807, 2.05) is 18.4 Å². The van der Waals surface area contributed by atoms with Gasteiger partial charge in [-0.3, -0.25) is 0 Å². The van der Waals surface area contributed by atoms with Crippen LogP contribution >= 0.6 is 11.3 Å². The molecule has 84 valence electrons. The number of nitrogens with zero attached hydrogens (tertiary/aromatic N) is 1. The number of hydrogen-bond donors (Lipinski definition) is 1. The van der Waals surface area contributed by atoms with E-state index >= 15 is 0 Å². The van der Waals surface area contributed by atoms with Crippen molar-refractivity contribution in [2.24, 2.45) is 0 Å². The molecule has 2 nitrogen and oxygen atoms in total. The third kappa shape index (κ3) is 2.28. The van der Waals surface area contributed by atoms with Crippen molar-refractivity contribution in [1.82, 2.24) is 10.3 Å². The minimum atomic E-state index is -0.191. The second-order valence-electron chi connectivity index (χ2n) is 3.38. The van der Waals surface area contributed by atoms with Gasteiger partial charge in [0.2, 0.25) is 0 Å². The first kappa shape index (κ1) is 11.2. The molecular formula is C12H13FN2S. The van der Waals surface area contributed by atoms with Crippen LogP contribution in [0, 0.1) is 5.82 Å². The van der Waals surface area contributed by atoms with Gasteiger partial charge in [0.05, 0.1) is 6.04 Å². The van der Waals surface area contributed by atoms with Crippen LogP contribution in [0.25, 0.3) is 0 Å². The molecule has 1 aromatic carbocycles. The predicted octanol–water partition coefficient (Wildman–Crippen LogP) is 2.98. The fourth-order valence-corrected chi connectivity index (χ4v) is 2.35. The minimum Gasteiger partial charge on any atom is -0.304 e. The fourth-order valence-electron chi connectivity index (χ4n) is 1.62. The van der Waals surface area contributed by atoms with Crippen molar-refractivity contribution >= 4 is 11.3 Å². The average Bonchev–Trinajstić information content (AvgIpc) is 2.80. The number of rotatable bonds is 4. The van der Waals surface area contributed by atoms with E-state index < -0.39 is 0 Å². The van der Waals surface area contributed by atoms with Crippen molar-refractivity contribution in [2.75, 3.05) is 6.54 Å². The molecule has 0 bridgehead atoms. The highest BCUT2D eigenvalue weighted by atomic mass is 32.1. The van der Waals surface area contributed by atoms with Crippen LogP contribution in [0.3, 0.4) is 0 Å². The maximum Gasteiger partial charge on any atom is 0.128 e. The fraction of sp³-hybridized carbons (Fsp3) is 0.250. The summed E-state index contributed by atoms with van der Waals surface area (Å²) in [4.78, 5) is 4.24. The average molecular weight is 236 g/mol. The Bertz CT molecular complexity index is 442. The summed E-state index contributed by atoms with van der Waals surface area (Å²) < 4.78 is 13.7. The van der Waals surface area contributed by atoms with E-state index in [9.17, 15) is 4.39 Å². The summed E-state index contributed by atoms with van der Waals surface area (Å²) in [6.07, 6.45) is 1.74. The van der Waals surface area contributed by atoms with Crippen LogP contribution in [0.1, 0.15) is 23.5 Å². The van der Waals surface area contributed by atoms with Gasteiger partial charge < -0.3 is 5.32 Å². The van der Waals surface area contributed by atoms with Gasteiger partial charge in [-0.2, -0.15) is 0 Å². The number of thiazole rings is 1. The molecule has 1 N–H and O–H groups in total. The van der Waals surface area contributed by atoms with Crippen molar-refractivity contribution in [2.45, 2.75) is 13.0 Å². The summed E-state index contributed by atoms with van der Waals surface area (Å²) in [6, 6.07) is 6.67. The van der Waals surface area contributed by atoms with Gasteiger partial charge in [0.1, 0.15) is 10.8 Å². The Morgan fingerprint density at radius 2 is 2.25 bits per heavy atom. The normalized spacial score (nSPS) is 12.6. The predicted molar refractivity (Wildman–Crippen MR) is 64.0 cm³/mol. The summed E-state index contributed by atoms with van der Waals surface area (Å²) >= 11 is 1.53. The van der Waals surface area contributed by atoms with Gasteiger partial charge in [0.25, 0.3) is 0 Å². The number of hydrogen-bond acceptors (Lipinski definition) is 3. The van der Waals surface area contributed by atoms with Gasteiger partial charge >= 0.3 is 0 Å². The SMILES string of the molecule is CCNC(c1nccs1)c1ccccc1F. The lowest BCUT2D eigenvalue weighted by Gasteiger charge is -2.16. The standard InChI is InChI=1S/C12H13FN2S/c1-2-14-11(12-15-7-8-16-12)9-5-3-4-6-10(9)13/h3-8,11,14H,2H2,1H3. The van der Waals surface area contributed by atoms with Gasteiger partial charge in [-0.15, -0.1) is 11.3 Å². The summed E-state index contributed by atoms with van der Waals surface area (Å²) in [7, 11) is 0. The van der Waals surface area contributed by atoms with E-state index in [-0.39, 0.29) is 11.9 Å². The Morgan fingerprint density at radius 1 is 1.44 bits per heavy atom. The topological polar surface area (TPSA) is 24.9 Å². The number of aromatic nitrogens is 1. The highest BCUT2D eigenvalue weighted by Gasteiger charge is 2.18. The molecule has 0 aliphatic carbocycles. The molecule has 0 aliphatic rings. The van der Waals surface area contributed by atoms with Crippen molar-refractivity contribution in [3.8, 4) is 0 Å². The first-order chi connectivity index (χ1) is 7.83. The van der Waals surface area contributed by atoms with E-state index in [0.29, 0.717) is 5.56 Å². The smallest absolute Gasteiger partial charge is 0.128 e. The van der Waals surface area contributed by atoms with E-state index in [0.717, 1.165) is 11.6 Å². The van der Waals surface area contributed by atoms with Crippen LogP contribution in [0.5, 0.6) is 0 Å². The van der Waals surface area contributed by atoms with Crippen molar-refractivity contribution < 1.29 is 4.39 Å². The van der Waals surface area contributed by atoms with Crippen LogP contribution in [-0.2, 0) is 0 Å². The Morgan fingerprint density at radius 3 is 2.88 bits per heavy atom. The molecule has 0 spiro atoms. The molecule has 0 aliphatic heterocycles. The lowest BCUT2D eigenvalue weighted by atomic mass is 10.1. The first-order valence-electron chi connectivity index (χ1n) is 5.20. The quantitative estimate of drug-likeness (QED) is 0.882. The molecule has 0 saturated heterocycles. The highest BCUT2D eigenvalue weighted by Crippen LogP contribution is 2.25. The van der Waals surface area contributed by atoms with E-state index in [1.165, 1.54) is 17.4 Å². The van der Waals surface area contributed by atoms with Gasteiger partial charge in [0, 0.05) is 17.1 Å². The van der Waals surface area contributed by atoms with Crippen molar-refractivity contribution in [3.63, 3.8) is 0 Å². The molecule has 4 heteroatoms. The van der Waals surface area contributed by atoms with Crippen LogP contribution in [0.2, 0.25) is 0 Å². The molecule has 1 heterocycles. The summed E-state index contributed by atoms with van der Waals surface area (Å²) in [5, 5.41) is 6.05. The van der Waals surface area contributed by atoms with E-state index in [4.69, 9.17) is 0 Å². The minimum absolute atomic E-state index is 0.147. The molecule has 2 aromatic rings. The van der Waals surface area contributed by atoms with Crippen LogP contribution in [0.4, 0.5) is 4.39 Å². The maximum absolute atomic E-state index is 13.7. The molecule has 0 radical (unpaired) electrons. The third-order valence-electron chi connectivity index (χ3n) is 2.32. The lowest BCUT2D eigenvalue weighted by molar-refractivity contribution is 0.557. The number of halogens is 1. The van der Waals surface area contributed by atoms with Crippen LogP contribution in [-0.4, -0.2) is 11.5 Å². The molecule has 0 saturated carbocycles. The zero-order valence-electron chi connectivity index (χ0n) is 8.98. The Labute approximate surface area is 98.2 Å². The Hall–Kier alpha value is -1.26. The van der Waals surface area contributed by atoms with Gasteiger partial charge in [-0.05, 0) is 12.6 Å². The second-order valence-corrected chi connectivity index (χ2v) is 4.31. The number of nitrogens with one attached hydrogen (secondary N) is 1. The summed E-state index contributed by atoms with van der Waals surface area (Å²) in [6.45, 7) is 2.78. The number of benzene rings is 1. The Kier molecular flexibility index (Phi) is 3.64. The molecule has 1 aromatic heterocycles. The highest BCUT2D eigenvalue weighted by molar-refractivity contribution is 7.09. The molecule has 0 amide bonds. The third-order valence-corrected chi connectivity index (χ3v) is 3.16. The van der Waals surface area contributed by atoms with Gasteiger partial charge in [0.15, 0.2) is 0 Å². The van der Waals surface area contributed by atoms with Gasteiger partial charge in [-0.25, -0.2) is 9.37 Å². The van der Waals surface area contributed by atoms with Crippen molar-refractivity contribution in [3.05, 3.63) is 52.2 Å². The molecule has 0 fully saturated rings. The van der Waals surface area contributed by atoms with Crippen molar-refractivity contribution in [1.29, 1.82) is 0 Å². The zero-order valence-corrected chi connectivity index (χ0v) is 9.80. The van der Waals surface area contributed by atoms with E-state index in [1.54, 1.807) is 18.3 Å². The lowest BCUT2D eigenvalue weighted by Crippen LogP contribution is -2.22. The molecule has 16 heavy (non-hydrogen) atoms. The van der Waals surface area contributed by atoms with Gasteiger partial charge in [-0.1, -0.05) is 25.1 Å². The summed E-state index contributed by atoms with van der Waals surface area (Å²) in [5.41, 5.74) is 0.652. The first-order valence-corrected chi connectivity index (χ1v) is 6.08. The van der Waals surface area contributed by atoms with Crippen LogP contribution < -0.4 is 5.32 Å². The molecule has 1 atom stereocenters. The van der Waals surface area contributed by atoms with E-state index in [2.05, 4.69) is 10.3 Å². The molecular weight excluding hydrogens is 223 g/mol. The zero-order chi connectivity index (χ0) is 11.4. The molecule has 2 rings (SSSR count). The maximum atomic E-state index is 13.7.